The molecule has 0 bridgehead atoms. The number of hydrogen-bond donors (Lipinski definition) is 2. The molecule has 0 aliphatic carbocycles. The monoisotopic (exact) mass is 590 g/mol. The van der Waals surface area contributed by atoms with Crippen LogP contribution in [0.25, 0.3) is 5.65 Å². The number of pyridine rings is 1. The van der Waals surface area contributed by atoms with E-state index in [1.807, 2.05) is 0 Å². The Kier molecular flexibility index (Phi) is 9.28. The van der Waals surface area contributed by atoms with E-state index < -0.39 is 55.4 Å². The minimum atomic E-state index is -4.64. The first-order chi connectivity index (χ1) is 19.9. The maximum atomic E-state index is 14.1. The lowest BCUT2D eigenvalue weighted by atomic mass is 10.2. The van der Waals surface area contributed by atoms with E-state index in [0.29, 0.717) is 11.1 Å². The van der Waals surface area contributed by atoms with Gasteiger partial charge in [0.15, 0.2) is 11.4 Å². The summed E-state index contributed by atoms with van der Waals surface area (Å²) < 4.78 is 79.9. The lowest BCUT2D eigenvalue weighted by Crippen LogP contribution is -2.46. The van der Waals surface area contributed by atoms with Crippen molar-refractivity contribution >= 4 is 17.6 Å². The number of fused-ring (bicyclic) bond motifs is 1. The lowest BCUT2D eigenvalue weighted by molar-refractivity contribution is -0.139. The van der Waals surface area contributed by atoms with E-state index in [1.165, 1.54) is 17.4 Å². The SMILES string of the molecule is Cc1cc(OCc2c(F)cccc2F)c2nc(C)c(C(=O)NCC(CC(F)(F)F)NC(=O)OCc3ccccc3)n2c1. The Morgan fingerprint density at radius 1 is 1.00 bits per heavy atom. The number of carbonyl (C=O) groups is 2. The summed E-state index contributed by atoms with van der Waals surface area (Å²) in [6, 6.07) is 12.1. The van der Waals surface area contributed by atoms with Crippen LogP contribution in [0.5, 0.6) is 5.75 Å². The van der Waals surface area contributed by atoms with Crippen molar-refractivity contribution in [3.63, 3.8) is 0 Å². The van der Waals surface area contributed by atoms with Crippen molar-refractivity contribution in [1.29, 1.82) is 0 Å². The van der Waals surface area contributed by atoms with Gasteiger partial charge in [0.1, 0.15) is 30.5 Å². The Morgan fingerprint density at radius 3 is 2.36 bits per heavy atom. The van der Waals surface area contributed by atoms with Crippen LogP contribution >= 0.6 is 0 Å². The van der Waals surface area contributed by atoms with Crippen LogP contribution in [0.2, 0.25) is 0 Å². The predicted octanol–water partition coefficient (Wildman–Crippen LogP) is 5.79. The van der Waals surface area contributed by atoms with Crippen LogP contribution in [0.3, 0.4) is 0 Å². The molecule has 2 N–H and O–H groups in total. The van der Waals surface area contributed by atoms with Crippen LogP contribution in [0, 0.1) is 25.5 Å². The molecule has 0 radical (unpaired) electrons. The molecule has 1 atom stereocenters. The molecule has 0 fully saturated rings. The van der Waals surface area contributed by atoms with E-state index in [4.69, 9.17) is 9.47 Å². The van der Waals surface area contributed by atoms with Crippen molar-refractivity contribution in [2.24, 2.45) is 0 Å². The van der Waals surface area contributed by atoms with Crippen LogP contribution in [0.4, 0.5) is 26.7 Å². The molecule has 8 nitrogen and oxygen atoms in total. The van der Waals surface area contributed by atoms with Gasteiger partial charge < -0.3 is 20.1 Å². The molecule has 2 amide bonds. The first-order valence-corrected chi connectivity index (χ1v) is 12.8. The first-order valence-electron chi connectivity index (χ1n) is 12.8. The third kappa shape index (κ3) is 7.74. The third-order valence-corrected chi connectivity index (χ3v) is 6.17. The van der Waals surface area contributed by atoms with E-state index in [0.717, 1.165) is 12.1 Å². The van der Waals surface area contributed by atoms with Crippen molar-refractivity contribution in [1.82, 2.24) is 20.0 Å². The second-order valence-electron chi connectivity index (χ2n) is 9.54. The topological polar surface area (TPSA) is 94.0 Å². The number of aryl methyl sites for hydroxylation is 2. The smallest absolute Gasteiger partial charge is 0.407 e. The van der Waals surface area contributed by atoms with E-state index in [9.17, 15) is 31.5 Å². The van der Waals surface area contributed by atoms with E-state index >= 15 is 0 Å². The van der Waals surface area contributed by atoms with Crippen molar-refractivity contribution in [2.45, 2.75) is 45.7 Å². The molecule has 2 heterocycles. The third-order valence-electron chi connectivity index (χ3n) is 6.17. The number of alkyl carbamates (subject to hydrolysis) is 1. The molecule has 222 valence electrons. The molecule has 42 heavy (non-hydrogen) atoms. The first kappa shape index (κ1) is 30.3. The van der Waals surface area contributed by atoms with Gasteiger partial charge >= 0.3 is 12.3 Å². The highest BCUT2D eigenvalue weighted by molar-refractivity contribution is 5.95. The van der Waals surface area contributed by atoms with Crippen LogP contribution in [0.15, 0.2) is 60.8 Å². The number of nitrogens with zero attached hydrogens (tertiary/aromatic N) is 2. The maximum Gasteiger partial charge on any atom is 0.407 e. The predicted molar refractivity (Wildman–Crippen MR) is 142 cm³/mol. The number of hydrogen-bond acceptors (Lipinski definition) is 5. The number of imidazole rings is 1. The standard InChI is InChI=1S/C29H27F5N4O4/c1-17-11-24(41-16-21-22(30)9-6-10-23(21)31)26-36-18(2)25(38(26)14-17)27(39)35-13-20(12-29(32,33)34)37-28(40)42-15-19-7-4-3-5-8-19/h3-11,14,20H,12-13,15-16H2,1-2H3,(H,35,39)(H,37,40). The zero-order valence-corrected chi connectivity index (χ0v) is 22.6. The van der Waals surface area contributed by atoms with Gasteiger partial charge in [0, 0.05) is 12.7 Å². The van der Waals surface area contributed by atoms with Crippen LogP contribution in [-0.4, -0.2) is 40.1 Å². The number of halogens is 5. The number of amides is 2. The van der Waals surface area contributed by atoms with Crippen LogP contribution < -0.4 is 15.4 Å². The number of nitrogens with one attached hydrogen (secondary N) is 2. The van der Waals surface area contributed by atoms with Crippen LogP contribution in [0.1, 0.15) is 39.3 Å². The maximum absolute atomic E-state index is 14.1. The van der Waals surface area contributed by atoms with Gasteiger partial charge in [0.05, 0.1) is 23.7 Å². The highest BCUT2D eigenvalue weighted by atomic mass is 19.4. The normalized spacial score (nSPS) is 12.2. The molecule has 0 saturated carbocycles. The molecule has 13 heteroatoms. The Bertz CT molecular complexity index is 1550. The fourth-order valence-electron chi connectivity index (χ4n) is 4.24. The van der Waals surface area contributed by atoms with Gasteiger partial charge in [-0.25, -0.2) is 18.6 Å². The van der Waals surface area contributed by atoms with Gasteiger partial charge in [0.2, 0.25) is 0 Å². The van der Waals surface area contributed by atoms with Crippen molar-refractivity contribution in [3.8, 4) is 5.75 Å². The zero-order chi connectivity index (χ0) is 30.4. The molecule has 0 spiro atoms. The molecule has 2 aromatic carbocycles. The summed E-state index contributed by atoms with van der Waals surface area (Å²) >= 11 is 0. The van der Waals surface area contributed by atoms with Gasteiger partial charge in [-0.15, -0.1) is 0 Å². The number of carbonyl (C=O) groups excluding carboxylic acids is 2. The Morgan fingerprint density at radius 2 is 1.69 bits per heavy atom. The summed E-state index contributed by atoms with van der Waals surface area (Å²) in [5, 5.41) is 4.58. The number of alkyl halides is 3. The highest BCUT2D eigenvalue weighted by Crippen LogP contribution is 2.26. The molecule has 0 aliphatic heterocycles. The van der Waals surface area contributed by atoms with Gasteiger partial charge in [-0.05, 0) is 43.2 Å². The average molecular weight is 591 g/mol. The largest absolute Gasteiger partial charge is 0.485 e. The number of aromatic nitrogens is 2. The van der Waals surface area contributed by atoms with Gasteiger partial charge in [-0.2, -0.15) is 13.2 Å². The Balaban J connectivity index is 1.48. The Labute approximate surface area is 237 Å². The summed E-state index contributed by atoms with van der Waals surface area (Å²) in [6.07, 6.45) is -5.56. The fourth-order valence-corrected chi connectivity index (χ4v) is 4.24. The highest BCUT2D eigenvalue weighted by Gasteiger charge is 2.33. The minimum absolute atomic E-state index is 0.00744. The molecule has 4 rings (SSSR count). The molecular formula is C29H27F5N4O4. The van der Waals surface area contributed by atoms with E-state index in [2.05, 4.69) is 15.6 Å². The zero-order valence-electron chi connectivity index (χ0n) is 22.6. The second kappa shape index (κ2) is 12.9. The van der Waals surface area contributed by atoms with Crippen LogP contribution in [-0.2, 0) is 18.0 Å². The van der Waals surface area contributed by atoms with Crippen molar-refractivity contribution in [3.05, 3.63) is 101 Å². The number of ether oxygens (including phenoxy) is 2. The summed E-state index contributed by atoms with van der Waals surface area (Å²) in [6.45, 7) is 2.05. The lowest BCUT2D eigenvalue weighted by Gasteiger charge is -2.20. The summed E-state index contributed by atoms with van der Waals surface area (Å²) in [7, 11) is 0. The molecule has 1 unspecified atom stereocenters. The fraction of sp³-hybridized carbons (Fsp3) is 0.276. The van der Waals surface area contributed by atoms with E-state index in [1.54, 1.807) is 49.5 Å². The van der Waals surface area contributed by atoms with Crippen molar-refractivity contribution < 1.29 is 41.0 Å². The van der Waals surface area contributed by atoms with Crippen molar-refractivity contribution in [2.75, 3.05) is 6.54 Å². The average Bonchev–Trinajstić information content (AvgIpc) is 3.25. The molecule has 4 aromatic rings. The van der Waals surface area contributed by atoms with Gasteiger partial charge in [0.25, 0.3) is 5.91 Å². The molecule has 0 aliphatic rings. The summed E-state index contributed by atoms with van der Waals surface area (Å²) in [5.74, 6) is -2.20. The quantitative estimate of drug-likeness (QED) is 0.228. The second-order valence-corrected chi connectivity index (χ2v) is 9.54. The molecular weight excluding hydrogens is 563 g/mol. The van der Waals surface area contributed by atoms with Gasteiger partial charge in [-0.3, -0.25) is 9.20 Å². The summed E-state index contributed by atoms with van der Waals surface area (Å²) in [5.41, 5.74) is 1.36. The van der Waals surface area contributed by atoms with Gasteiger partial charge in [-0.1, -0.05) is 36.4 Å². The Hall–Kier alpha value is -4.68. The minimum Gasteiger partial charge on any atom is -0.485 e. The summed E-state index contributed by atoms with van der Waals surface area (Å²) in [4.78, 5) is 29.7. The number of rotatable bonds is 10. The molecule has 2 aromatic heterocycles. The molecule has 0 saturated heterocycles. The number of benzene rings is 2. The van der Waals surface area contributed by atoms with E-state index in [-0.39, 0.29) is 35.0 Å².